The van der Waals surface area contributed by atoms with Gasteiger partial charge < -0.3 is 15.5 Å². The van der Waals surface area contributed by atoms with E-state index in [0.29, 0.717) is 13.1 Å². The van der Waals surface area contributed by atoms with E-state index in [2.05, 4.69) is 20.8 Å². The topological polar surface area (TPSA) is 90.1 Å². The minimum absolute atomic E-state index is 0.0155. The largest absolute Gasteiger partial charge is 0.338 e. The fourth-order valence-corrected chi connectivity index (χ4v) is 3.79. The Balaban J connectivity index is 1.65. The van der Waals surface area contributed by atoms with Gasteiger partial charge in [0.1, 0.15) is 0 Å². The van der Waals surface area contributed by atoms with Crippen molar-refractivity contribution in [2.24, 2.45) is 5.92 Å². The number of likely N-dealkylation sites (tertiary alicyclic amines) is 1. The van der Waals surface area contributed by atoms with Crippen molar-refractivity contribution in [3.8, 4) is 0 Å². The Kier molecular flexibility index (Phi) is 5.37. The molecule has 2 aliphatic rings. The summed E-state index contributed by atoms with van der Waals surface area (Å²) in [5.41, 5.74) is 1.71. The van der Waals surface area contributed by atoms with Crippen LogP contribution in [0.15, 0.2) is 6.20 Å². The summed E-state index contributed by atoms with van der Waals surface area (Å²) in [6.45, 7) is 3.98. The maximum absolute atomic E-state index is 12.4. The van der Waals surface area contributed by atoms with Gasteiger partial charge in [0, 0.05) is 31.5 Å². The van der Waals surface area contributed by atoms with Gasteiger partial charge >= 0.3 is 6.03 Å². The normalized spacial score (nSPS) is 21.7. The number of anilines is 1. The highest BCUT2D eigenvalue weighted by molar-refractivity contribution is 5.93. The summed E-state index contributed by atoms with van der Waals surface area (Å²) < 4.78 is 0. The second-order valence-corrected chi connectivity index (χ2v) is 6.79. The van der Waals surface area contributed by atoms with E-state index >= 15 is 0 Å². The second-order valence-electron chi connectivity index (χ2n) is 6.79. The van der Waals surface area contributed by atoms with Gasteiger partial charge in [0.2, 0.25) is 5.91 Å². The summed E-state index contributed by atoms with van der Waals surface area (Å²) in [6, 6.07) is -0.0155. The molecule has 1 aliphatic heterocycles. The summed E-state index contributed by atoms with van der Waals surface area (Å²) in [4.78, 5) is 26.3. The smallest absolute Gasteiger partial charge is 0.317 e. The predicted octanol–water partition coefficient (Wildman–Crippen LogP) is 2.45. The summed E-state index contributed by atoms with van der Waals surface area (Å²) >= 11 is 0. The van der Waals surface area contributed by atoms with Crippen LogP contribution in [0.25, 0.3) is 0 Å². The highest BCUT2D eigenvalue weighted by Crippen LogP contribution is 2.32. The Bertz CT molecular complexity index is 579. The average molecular weight is 333 g/mol. The maximum atomic E-state index is 12.4. The average Bonchev–Trinajstić information content (AvgIpc) is 3.27. The Morgan fingerprint density at radius 1 is 1.29 bits per heavy atom. The molecule has 0 unspecified atom stereocenters. The molecule has 3 N–H and O–H groups in total. The van der Waals surface area contributed by atoms with Crippen molar-refractivity contribution in [3.63, 3.8) is 0 Å². The van der Waals surface area contributed by atoms with E-state index in [-0.39, 0.29) is 23.8 Å². The number of hydrogen-bond donors (Lipinski definition) is 3. The fourth-order valence-electron chi connectivity index (χ4n) is 3.79. The first-order chi connectivity index (χ1) is 11.7. The van der Waals surface area contributed by atoms with Crippen molar-refractivity contribution in [2.75, 3.05) is 25.0 Å². The quantitative estimate of drug-likeness (QED) is 0.790. The number of piperidine rings is 1. The third-order valence-electron chi connectivity index (χ3n) is 5.10. The molecule has 3 rings (SSSR count). The van der Waals surface area contributed by atoms with Gasteiger partial charge in [-0.3, -0.25) is 9.89 Å². The van der Waals surface area contributed by atoms with Gasteiger partial charge in [-0.05, 0) is 32.6 Å². The molecule has 0 radical (unpaired) electrons. The van der Waals surface area contributed by atoms with Crippen LogP contribution in [0, 0.1) is 5.92 Å². The zero-order chi connectivity index (χ0) is 16.9. The number of urea groups is 1. The van der Waals surface area contributed by atoms with Gasteiger partial charge in [0.05, 0.1) is 17.6 Å². The van der Waals surface area contributed by atoms with Crippen molar-refractivity contribution in [3.05, 3.63) is 11.9 Å². The van der Waals surface area contributed by atoms with Crippen LogP contribution in [-0.4, -0.2) is 46.7 Å². The number of nitrogens with one attached hydrogen (secondary N) is 3. The molecule has 3 amide bonds. The van der Waals surface area contributed by atoms with Crippen LogP contribution in [0.4, 0.5) is 10.5 Å². The van der Waals surface area contributed by atoms with E-state index in [1.807, 2.05) is 11.8 Å². The molecule has 0 aromatic carbocycles. The fraction of sp³-hybridized carbons (Fsp3) is 0.706. The number of aromatic amines is 1. The van der Waals surface area contributed by atoms with Crippen molar-refractivity contribution < 1.29 is 9.59 Å². The summed E-state index contributed by atoms with van der Waals surface area (Å²) in [6.07, 6.45) is 7.87. The van der Waals surface area contributed by atoms with Crippen molar-refractivity contribution in [1.82, 2.24) is 20.4 Å². The third kappa shape index (κ3) is 3.71. The van der Waals surface area contributed by atoms with Crippen LogP contribution in [0.3, 0.4) is 0 Å². The minimum Gasteiger partial charge on any atom is -0.338 e. The lowest BCUT2D eigenvalue weighted by Gasteiger charge is -2.32. The van der Waals surface area contributed by atoms with E-state index < -0.39 is 0 Å². The molecule has 1 aromatic rings. The molecule has 7 nitrogen and oxygen atoms in total. The monoisotopic (exact) mass is 333 g/mol. The number of carbonyl (C=O) groups is 2. The zero-order valence-electron chi connectivity index (χ0n) is 14.3. The van der Waals surface area contributed by atoms with Crippen LogP contribution < -0.4 is 10.6 Å². The lowest BCUT2D eigenvalue weighted by Crippen LogP contribution is -2.45. The molecule has 1 saturated carbocycles. The van der Waals surface area contributed by atoms with Crippen LogP contribution in [0.5, 0.6) is 0 Å². The predicted molar refractivity (Wildman–Crippen MR) is 91.8 cm³/mol. The summed E-state index contributed by atoms with van der Waals surface area (Å²) in [5, 5.41) is 13.1. The molecule has 1 atom stereocenters. The molecule has 2 fully saturated rings. The zero-order valence-corrected chi connectivity index (χ0v) is 14.3. The van der Waals surface area contributed by atoms with Gasteiger partial charge in [-0.15, -0.1) is 0 Å². The van der Waals surface area contributed by atoms with E-state index in [1.54, 1.807) is 6.20 Å². The van der Waals surface area contributed by atoms with Gasteiger partial charge in [-0.25, -0.2) is 4.79 Å². The van der Waals surface area contributed by atoms with E-state index in [1.165, 1.54) is 0 Å². The highest BCUT2D eigenvalue weighted by atomic mass is 16.2. The highest BCUT2D eigenvalue weighted by Gasteiger charge is 2.29. The van der Waals surface area contributed by atoms with Crippen molar-refractivity contribution in [1.29, 1.82) is 0 Å². The van der Waals surface area contributed by atoms with Gasteiger partial charge in [0.15, 0.2) is 0 Å². The molecule has 0 bridgehead atoms. The standard InChI is InChI=1S/C17H27N5O2/c1-2-18-17(24)22-9-5-8-13(11-22)15-14(10-19-21-15)20-16(23)12-6-3-4-7-12/h10,12-13H,2-9,11H2,1H3,(H,18,24)(H,19,21)(H,20,23)/t13-/m0/s1. The third-order valence-corrected chi connectivity index (χ3v) is 5.10. The molecule has 1 aromatic heterocycles. The molecule has 7 heteroatoms. The Hall–Kier alpha value is -2.05. The Labute approximate surface area is 142 Å². The molecule has 0 spiro atoms. The Morgan fingerprint density at radius 2 is 2.08 bits per heavy atom. The summed E-state index contributed by atoms with van der Waals surface area (Å²) in [7, 11) is 0. The van der Waals surface area contributed by atoms with Crippen LogP contribution in [0.2, 0.25) is 0 Å². The number of carbonyl (C=O) groups excluding carboxylic acids is 2. The van der Waals surface area contributed by atoms with Crippen molar-refractivity contribution in [2.45, 2.75) is 51.4 Å². The van der Waals surface area contributed by atoms with Crippen molar-refractivity contribution >= 4 is 17.6 Å². The number of H-pyrrole nitrogens is 1. The van der Waals surface area contributed by atoms with E-state index in [0.717, 1.165) is 56.5 Å². The maximum Gasteiger partial charge on any atom is 0.317 e. The Morgan fingerprint density at radius 3 is 2.83 bits per heavy atom. The molecule has 1 saturated heterocycles. The lowest BCUT2D eigenvalue weighted by atomic mass is 9.94. The molecule has 1 aliphatic carbocycles. The van der Waals surface area contributed by atoms with Gasteiger partial charge in [-0.1, -0.05) is 12.8 Å². The van der Waals surface area contributed by atoms with Gasteiger partial charge in [0.25, 0.3) is 0 Å². The first kappa shape index (κ1) is 16.8. The lowest BCUT2D eigenvalue weighted by molar-refractivity contribution is -0.119. The second kappa shape index (κ2) is 7.68. The van der Waals surface area contributed by atoms with Crippen LogP contribution in [0.1, 0.15) is 57.1 Å². The minimum atomic E-state index is -0.0155. The van der Waals surface area contributed by atoms with Crippen LogP contribution >= 0.6 is 0 Å². The van der Waals surface area contributed by atoms with Gasteiger partial charge in [-0.2, -0.15) is 5.10 Å². The number of rotatable bonds is 4. The first-order valence-corrected chi connectivity index (χ1v) is 9.06. The number of hydrogen-bond acceptors (Lipinski definition) is 3. The van der Waals surface area contributed by atoms with Crippen LogP contribution in [-0.2, 0) is 4.79 Å². The number of aromatic nitrogens is 2. The molecule has 132 valence electrons. The molecular weight excluding hydrogens is 306 g/mol. The molecule has 2 heterocycles. The summed E-state index contributed by atoms with van der Waals surface area (Å²) in [5.74, 6) is 0.417. The number of amides is 3. The SMILES string of the molecule is CCNC(=O)N1CCC[C@H](c2[nH]ncc2NC(=O)C2CCCC2)C1. The van der Waals surface area contributed by atoms with E-state index in [4.69, 9.17) is 0 Å². The number of nitrogens with zero attached hydrogens (tertiary/aromatic N) is 2. The van der Waals surface area contributed by atoms with E-state index in [9.17, 15) is 9.59 Å². The first-order valence-electron chi connectivity index (χ1n) is 9.06. The molecular formula is C17H27N5O2. The molecule has 24 heavy (non-hydrogen) atoms.